The Hall–Kier alpha value is -1.96. The second-order valence-corrected chi connectivity index (χ2v) is 4.57. The predicted molar refractivity (Wildman–Crippen MR) is 68.0 cm³/mol. The van der Waals surface area contributed by atoms with Gasteiger partial charge < -0.3 is 10.6 Å². The summed E-state index contributed by atoms with van der Waals surface area (Å²) >= 11 is 0. The van der Waals surface area contributed by atoms with Gasteiger partial charge in [0.2, 0.25) is 5.69 Å². The summed E-state index contributed by atoms with van der Waals surface area (Å²) < 4.78 is 0. The number of nitro groups is 1. The van der Waals surface area contributed by atoms with E-state index in [2.05, 4.69) is 20.8 Å². The molecule has 0 radical (unpaired) electrons. The summed E-state index contributed by atoms with van der Waals surface area (Å²) in [5.74, 6) is -0.487. The minimum absolute atomic E-state index is 0.0124. The Morgan fingerprint density at radius 3 is 3.00 bits per heavy atom. The van der Waals surface area contributed by atoms with Gasteiger partial charge in [-0.05, 0) is 19.4 Å². The van der Waals surface area contributed by atoms with E-state index < -0.39 is 10.8 Å². The Balaban J connectivity index is 2.18. The number of nitrogens with zero attached hydrogens (tertiary/aromatic N) is 2. The van der Waals surface area contributed by atoms with Gasteiger partial charge in [0.15, 0.2) is 0 Å². The first-order chi connectivity index (χ1) is 9.13. The quantitative estimate of drug-likeness (QED) is 0.526. The number of H-pyrrole nitrogens is 1. The molecule has 1 amide bonds. The molecule has 104 valence electrons. The van der Waals surface area contributed by atoms with Gasteiger partial charge in [-0.2, -0.15) is 5.10 Å². The van der Waals surface area contributed by atoms with E-state index in [0.717, 1.165) is 19.4 Å². The van der Waals surface area contributed by atoms with E-state index in [1.165, 1.54) is 0 Å². The standard InChI is InChI=1S/C11H17N5O3/c1-2-3-8-10(16(18)19)9(15-14-8)11(17)13-7-4-5-12-6-7/h7,12H,2-6H2,1H3,(H,13,17)(H,14,15). The summed E-state index contributed by atoms with van der Waals surface area (Å²) in [5.41, 5.74) is 0.0767. The predicted octanol–water partition coefficient (Wildman–Crippen LogP) is 0.362. The molecular formula is C11H17N5O3. The van der Waals surface area contributed by atoms with Gasteiger partial charge in [0.05, 0.1) is 4.92 Å². The molecule has 1 unspecified atom stereocenters. The van der Waals surface area contributed by atoms with E-state index in [4.69, 9.17) is 0 Å². The van der Waals surface area contributed by atoms with Crippen molar-refractivity contribution in [2.45, 2.75) is 32.2 Å². The fraction of sp³-hybridized carbons (Fsp3) is 0.636. The number of carbonyl (C=O) groups excluding carboxylic acids is 1. The molecule has 0 spiro atoms. The lowest BCUT2D eigenvalue weighted by atomic mass is 10.2. The van der Waals surface area contributed by atoms with Crippen LogP contribution >= 0.6 is 0 Å². The zero-order chi connectivity index (χ0) is 13.8. The molecule has 1 aliphatic heterocycles. The summed E-state index contributed by atoms with van der Waals surface area (Å²) in [5, 5.41) is 23.3. The Bertz CT molecular complexity index is 479. The van der Waals surface area contributed by atoms with Gasteiger partial charge in [0.1, 0.15) is 5.69 Å². The van der Waals surface area contributed by atoms with Crippen molar-refractivity contribution in [2.24, 2.45) is 0 Å². The average molecular weight is 267 g/mol. The lowest BCUT2D eigenvalue weighted by Gasteiger charge is -2.09. The van der Waals surface area contributed by atoms with Crippen LogP contribution in [0.4, 0.5) is 5.69 Å². The Labute approximate surface area is 110 Å². The van der Waals surface area contributed by atoms with E-state index in [0.29, 0.717) is 18.7 Å². The van der Waals surface area contributed by atoms with E-state index in [1.807, 2.05) is 6.92 Å². The van der Waals surface area contributed by atoms with Crippen molar-refractivity contribution < 1.29 is 9.72 Å². The van der Waals surface area contributed by atoms with Crippen molar-refractivity contribution in [3.8, 4) is 0 Å². The largest absolute Gasteiger partial charge is 0.346 e. The van der Waals surface area contributed by atoms with Crippen molar-refractivity contribution in [2.75, 3.05) is 13.1 Å². The molecule has 0 aliphatic carbocycles. The summed E-state index contributed by atoms with van der Waals surface area (Å²) in [7, 11) is 0. The summed E-state index contributed by atoms with van der Waals surface area (Å²) in [6.07, 6.45) is 2.07. The number of carbonyl (C=O) groups is 1. The molecule has 2 rings (SSSR count). The van der Waals surface area contributed by atoms with Crippen molar-refractivity contribution >= 4 is 11.6 Å². The summed E-state index contributed by atoms with van der Waals surface area (Å²) in [4.78, 5) is 22.5. The molecule has 0 aromatic carbocycles. The number of rotatable bonds is 5. The Morgan fingerprint density at radius 1 is 1.63 bits per heavy atom. The van der Waals surface area contributed by atoms with E-state index in [1.54, 1.807) is 0 Å². The van der Waals surface area contributed by atoms with Crippen LogP contribution in [0, 0.1) is 10.1 Å². The number of amides is 1. The molecule has 1 atom stereocenters. The number of aryl methyl sites for hydroxylation is 1. The maximum atomic E-state index is 12.0. The lowest BCUT2D eigenvalue weighted by Crippen LogP contribution is -2.36. The molecule has 0 saturated carbocycles. The summed E-state index contributed by atoms with van der Waals surface area (Å²) in [6.45, 7) is 3.44. The van der Waals surface area contributed by atoms with E-state index >= 15 is 0 Å². The SMILES string of the molecule is CCCc1[nH]nc(C(=O)NC2CCNC2)c1[N+](=O)[O-]. The van der Waals surface area contributed by atoms with Crippen LogP contribution in [-0.2, 0) is 6.42 Å². The first kappa shape index (κ1) is 13.5. The molecule has 8 nitrogen and oxygen atoms in total. The van der Waals surface area contributed by atoms with Gasteiger partial charge in [-0.3, -0.25) is 20.0 Å². The summed E-state index contributed by atoms with van der Waals surface area (Å²) in [6, 6.07) is 0.0124. The van der Waals surface area contributed by atoms with Crippen LogP contribution in [0.15, 0.2) is 0 Å². The van der Waals surface area contributed by atoms with Crippen LogP contribution in [0.5, 0.6) is 0 Å². The highest BCUT2D eigenvalue weighted by molar-refractivity contribution is 5.96. The first-order valence-corrected chi connectivity index (χ1v) is 6.36. The first-order valence-electron chi connectivity index (χ1n) is 6.36. The Morgan fingerprint density at radius 2 is 2.42 bits per heavy atom. The van der Waals surface area contributed by atoms with Crippen LogP contribution in [0.1, 0.15) is 35.9 Å². The molecule has 1 fully saturated rings. The Kier molecular flexibility index (Phi) is 4.10. The second-order valence-electron chi connectivity index (χ2n) is 4.57. The van der Waals surface area contributed by atoms with Crippen LogP contribution in [0.25, 0.3) is 0 Å². The highest BCUT2D eigenvalue weighted by atomic mass is 16.6. The van der Waals surface area contributed by atoms with Crippen LogP contribution in [0.3, 0.4) is 0 Å². The maximum absolute atomic E-state index is 12.0. The van der Waals surface area contributed by atoms with Crippen LogP contribution in [0.2, 0.25) is 0 Å². The van der Waals surface area contributed by atoms with Crippen LogP contribution in [-0.4, -0.2) is 40.2 Å². The number of aromatic amines is 1. The zero-order valence-electron chi connectivity index (χ0n) is 10.7. The number of hydrogen-bond donors (Lipinski definition) is 3. The molecule has 1 saturated heterocycles. The zero-order valence-corrected chi connectivity index (χ0v) is 10.7. The molecular weight excluding hydrogens is 250 g/mol. The average Bonchev–Trinajstić information content (AvgIpc) is 2.98. The minimum atomic E-state index is -0.545. The molecule has 3 N–H and O–H groups in total. The molecule has 2 heterocycles. The lowest BCUT2D eigenvalue weighted by molar-refractivity contribution is -0.385. The fourth-order valence-corrected chi connectivity index (χ4v) is 2.18. The highest BCUT2D eigenvalue weighted by Gasteiger charge is 2.30. The van der Waals surface area contributed by atoms with Crippen molar-refractivity contribution in [1.29, 1.82) is 0 Å². The minimum Gasteiger partial charge on any atom is -0.346 e. The third kappa shape index (κ3) is 2.90. The molecule has 8 heteroatoms. The van der Waals surface area contributed by atoms with Gasteiger partial charge in [-0.15, -0.1) is 0 Å². The monoisotopic (exact) mass is 267 g/mol. The smallest absolute Gasteiger partial charge is 0.322 e. The molecule has 0 bridgehead atoms. The van der Waals surface area contributed by atoms with Gasteiger partial charge in [-0.1, -0.05) is 13.3 Å². The normalized spacial score (nSPS) is 18.5. The highest BCUT2D eigenvalue weighted by Crippen LogP contribution is 2.22. The number of nitrogens with one attached hydrogen (secondary N) is 3. The van der Waals surface area contributed by atoms with E-state index in [9.17, 15) is 14.9 Å². The number of aromatic nitrogens is 2. The van der Waals surface area contributed by atoms with Crippen LogP contribution < -0.4 is 10.6 Å². The van der Waals surface area contributed by atoms with Crippen molar-refractivity contribution in [1.82, 2.24) is 20.8 Å². The molecule has 1 aromatic heterocycles. The molecule has 1 aliphatic rings. The third-order valence-corrected chi connectivity index (χ3v) is 3.11. The van der Waals surface area contributed by atoms with Crippen molar-refractivity contribution in [3.63, 3.8) is 0 Å². The van der Waals surface area contributed by atoms with E-state index in [-0.39, 0.29) is 17.4 Å². The van der Waals surface area contributed by atoms with Crippen molar-refractivity contribution in [3.05, 3.63) is 21.5 Å². The van der Waals surface area contributed by atoms with Gasteiger partial charge >= 0.3 is 5.69 Å². The maximum Gasteiger partial charge on any atom is 0.322 e. The third-order valence-electron chi connectivity index (χ3n) is 3.11. The second kappa shape index (κ2) is 5.79. The van der Waals surface area contributed by atoms with Gasteiger partial charge in [0, 0.05) is 12.6 Å². The van der Waals surface area contributed by atoms with Gasteiger partial charge in [-0.25, -0.2) is 0 Å². The fourth-order valence-electron chi connectivity index (χ4n) is 2.18. The molecule has 1 aromatic rings. The van der Waals surface area contributed by atoms with Gasteiger partial charge in [0.25, 0.3) is 5.91 Å². The number of hydrogen-bond acceptors (Lipinski definition) is 5. The topological polar surface area (TPSA) is 113 Å². The molecule has 19 heavy (non-hydrogen) atoms.